The topological polar surface area (TPSA) is 15.3 Å². The number of halogens is 1. The molecule has 1 aliphatic rings. The van der Waals surface area contributed by atoms with Crippen molar-refractivity contribution in [3.63, 3.8) is 0 Å². The predicted octanol–water partition coefficient (Wildman–Crippen LogP) is 4.22. The van der Waals surface area contributed by atoms with Gasteiger partial charge in [-0.1, -0.05) is 28.1 Å². The summed E-state index contributed by atoms with van der Waals surface area (Å²) in [6.07, 6.45) is 1.31. The van der Waals surface area contributed by atoms with Gasteiger partial charge in [0.2, 0.25) is 0 Å². The average Bonchev–Trinajstić information content (AvgIpc) is 2.83. The van der Waals surface area contributed by atoms with Gasteiger partial charge in [0, 0.05) is 22.6 Å². The number of likely N-dealkylation sites (tertiary alicyclic amines) is 1. The first-order chi connectivity index (χ1) is 9.35. The molecule has 1 aromatic carbocycles. The van der Waals surface area contributed by atoms with Crippen molar-refractivity contribution in [1.29, 1.82) is 0 Å². The quantitative estimate of drug-likeness (QED) is 0.884. The molecule has 20 heavy (non-hydrogen) atoms. The van der Waals surface area contributed by atoms with E-state index in [1.54, 1.807) is 0 Å². The smallest absolute Gasteiger partial charge is 0.0320 e. The van der Waals surface area contributed by atoms with Gasteiger partial charge in [-0.05, 0) is 70.8 Å². The van der Waals surface area contributed by atoms with Gasteiger partial charge in [0.1, 0.15) is 0 Å². The molecule has 0 aromatic heterocycles. The average molecular weight is 339 g/mol. The standard InChI is InChI=1S/C17H27BrN2/c1-13(15-6-5-7-16(18)10-15)20-9-8-14(12-20)11-19-17(2,3)4/h5-7,10,13-14,19H,8-9,11-12H2,1-4H3. The summed E-state index contributed by atoms with van der Waals surface area (Å²) in [6, 6.07) is 9.20. The summed E-state index contributed by atoms with van der Waals surface area (Å²) >= 11 is 3.57. The summed E-state index contributed by atoms with van der Waals surface area (Å²) in [4.78, 5) is 2.61. The highest BCUT2D eigenvalue weighted by molar-refractivity contribution is 9.10. The summed E-state index contributed by atoms with van der Waals surface area (Å²) in [6.45, 7) is 12.6. The van der Waals surface area contributed by atoms with Crippen molar-refractivity contribution >= 4 is 15.9 Å². The van der Waals surface area contributed by atoms with Crippen LogP contribution in [0.4, 0.5) is 0 Å². The Morgan fingerprint density at radius 1 is 1.40 bits per heavy atom. The van der Waals surface area contributed by atoms with E-state index in [-0.39, 0.29) is 5.54 Å². The van der Waals surface area contributed by atoms with E-state index < -0.39 is 0 Å². The summed E-state index contributed by atoms with van der Waals surface area (Å²) < 4.78 is 1.17. The molecule has 3 heteroatoms. The minimum atomic E-state index is 0.226. The first-order valence-corrected chi connectivity index (χ1v) is 8.39. The predicted molar refractivity (Wildman–Crippen MR) is 90.0 cm³/mol. The van der Waals surface area contributed by atoms with E-state index in [1.807, 2.05) is 0 Å². The van der Waals surface area contributed by atoms with Crippen molar-refractivity contribution in [3.8, 4) is 0 Å². The third-order valence-corrected chi connectivity index (χ3v) is 4.61. The second-order valence-corrected chi connectivity index (χ2v) is 7.93. The van der Waals surface area contributed by atoms with Crippen molar-refractivity contribution in [2.45, 2.75) is 45.7 Å². The largest absolute Gasteiger partial charge is 0.312 e. The molecule has 1 heterocycles. The molecule has 1 aliphatic heterocycles. The molecule has 1 aromatic rings. The normalized spacial score (nSPS) is 22.1. The molecule has 112 valence electrons. The van der Waals surface area contributed by atoms with Crippen LogP contribution >= 0.6 is 15.9 Å². The molecule has 0 amide bonds. The highest BCUT2D eigenvalue weighted by atomic mass is 79.9. The van der Waals surface area contributed by atoms with Crippen molar-refractivity contribution in [2.75, 3.05) is 19.6 Å². The maximum Gasteiger partial charge on any atom is 0.0320 e. The van der Waals surface area contributed by atoms with Crippen LogP contribution in [0.1, 0.15) is 45.7 Å². The third-order valence-electron chi connectivity index (χ3n) is 4.12. The van der Waals surface area contributed by atoms with Gasteiger partial charge in [-0.3, -0.25) is 4.90 Å². The van der Waals surface area contributed by atoms with Gasteiger partial charge in [-0.2, -0.15) is 0 Å². The lowest BCUT2D eigenvalue weighted by Gasteiger charge is -2.26. The summed E-state index contributed by atoms with van der Waals surface area (Å²) in [7, 11) is 0. The Labute approximate surface area is 132 Å². The van der Waals surface area contributed by atoms with Crippen LogP contribution in [0.25, 0.3) is 0 Å². The Hall–Kier alpha value is -0.380. The molecular formula is C17H27BrN2. The second kappa shape index (κ2) is 6.59. The van der Waals surface area contributed by atoms with E-state index in [9.17, 15) is 0 Å². The zero-order chi connectivity index (χ0) is 14.8. The van der Waals surface area contributed by atoms with E-state index in [2.05, 4.69) is 78.1 Å². The Kier molecular flexibility index (Phi) is 5.27. The van der Waals surface area contributed by atoms with Gasteiger partial charge in [0.05, 0.1) is 0 Å². The molecule has 0 spiro atoms. The fourth-order valence-corrected chi connectivity index (χ4v) is 3.23. The molecule has 2 atom stereocenters. The number of nitrogens with zero attached hydrogens (tertiary/aromatic N) is 1. The molecule has 0 radical (unpaired) electrons. The molecule has 0 aliphatic carbocycles. The van der Waals surface area contributed by atoms with Crippen molar-refractivity contribution in [3.05, 3.63) is 34.3 Å². The Morgan fingerprint density at radius 3 is 2.80 bits per heavy atom. The van der Waals surface area contributed by atoms with Gasteiger partial charge < -0.3 is 5.32 Å². The molecule has 0 saturated carbocycles. The van der Waals surface area contributed by atoms with E-state index in [1.165, 1.54) is 29.5 Å². The summed E-state index contributed by atoms with van der Waals surface area (Å²) in [5, 5.41) is 3.64. The lowest BCUT2D eigenvalue weighted by atomic mass is 10.0. The number of hydrogen-bond acceptors (Lipinski definition) is 2. The molecule has 2 unspecified atom stereocenters. The number of rotatable bonds is 4. The molecule has 1 saturated heterocycles. The maximum absolute atomic E-state index is 3.64. The molecular weight excluding hydrogens is 312 g/mol. The molecule has 1 N–H and O–H groups in total. The highest BCUT2D eigenvalue weighted by Crippen LogP contribution is 2.28. The molecule has 2 nitrogen and oxygen atoms in total. The third kappa shape index (κ3) is 4.57. The van der Waals surface area contributed by atoms with Crippen LogP contribution in [0.2, 0.25) is 0 Å². The van der Waals surface area contributed by atoms with E-state index in [0.29, 0.717) is 6.04 Å². The monoisotopic (exact) mass is 338 g/mol. The van der Waals surface area contributed by atoms with Crippen molar-refractivity contribution in [1.82, 2.24) is 10.2 Å². The first-order valence-electron chi connectivity index (χ1n) is 7.60. The first kappa shape index (κ1) is 16.0. The maximum atomic E-state index is 3.64. The molecule has 2 rings (SSSR count). The van der Waals surface area contributed by atoms with Crippen molar-refractivity contribution in [2.24, 2.45) is 5.92 Å². The van der Waals surface area contributed by atoms with Gasteiger partial charge in [-0.25, -0.2) is 0 Å². The van der Waals surface area contributed by atoms with Gasteiger partial charge in [-0.15, -0.1) is 0 Å². The van der Waals surface area contributed by atoms with Gasteiger partial charge in [0.25, 0.3) is 0 Å². The van der Waals surface area contributed by atoms with Crippen LogP contribution in [0.5, 0.6) is 0 Å². The number of nitrogens with one attached hydrogen (secondary N) is 1. The lowest BCUT2D eigenvalue weighted by Crippen LogP contribution is -2.39. The van der Waals surface area contributed by atoms with Crippen LogP contribution in [-0.4, -0.2) is 30.1 Å². The second-order valence-electron chi connectivity index (χ2n) is 7.01. The fraction of sp³-hybridized carbons (Fsp3) is 0.647. The Morgan fingerprint density at radius 2 is 2.15 bits per heavy atom. The van der Waals surface area contributed by atoms with Crippen LogP contribution in [0.3, 0.4) is 0 Å². The highest BCUT2D eigenvalue weighted by Gasteiger charge is 2.27. The van der Waals surface area contributed by atoms with Crippen LogP contribution in [0, 0.1) is 5.92 Å². The minimum absolute atomic E-state index is 0.226. The summed E-state index contributed by atoms with van der Waals surface area (Å²) in [5.74, 6) is 0.781. The lowest BCUT2D eigenvalue weighted by molar-refractivity contribution is 0.248. The van der Waals surface area contributed by atoms with Crippen LogP contribution in [0.15, 0.2) is 28.7 Å². The Balaban J connectivity index is 1.89. The minimum Gasteiger partial charge on any atom is -0.312 e. The van der Waals surface area contributed by atoms with E-state index >= 15 is 0 Å². The van der Waals surface area contributed by atoms with Crippen molar-refractivity contribution < 1.29 is 0 Å². The SMILES string of the molecule is CC(c1cccc(Br)c1)N1CCC(CNC(C)(C)C)C1. The zero-order valence-corrected chi connectivity index (χ0v) is 14.7. The van der Waals surface area contributed by atoms with Gasteiger partial charge in [0.15, 0.2) is 0 Å². The fourth-order valence-electron chi connectivity index (χ4n) is 2.81. The summed E-state index contributed by atoms with van der Waals surface area (Å²) in [5.41, 5.74) is 1.63. The molecule has 1 fully saturated rings. The number of benzene rings is 1. The zero-order valence-electron chi connectivity index (χ0n) is 13.1. The Bertz CT molecular complexity index is 439. The van der Waals surface area contributed by atoms with Crippen LogP contribution < -0.4 is 5.32 Å². The number of hydrogen-bond donors (Lipinski definition) is 1. The van der Waals surface area contributed by atoms with E-state index in [0.717, 1.165) is 12.5 Å². The van der Waals surface area contributed by atoms with Gasteiger partial charge >= 0.3 is 0 Å². The molecule has 0 bridgehead atoms. The van der Waals surface area contributed by atoms with Crippen LogP contribution in [-0.2, 0) is 0 Å². The van der Waals surface area contributed by atoms with E-state index in [4.69, 9.17) is 0 Å².